The van der Waals surface area contributed by atoms with Gasteiger partial charge in [-0.2, -0.15) is 0 Å². The van der Waals surface area contributed by atoms with Crippen LogP contribution in [0.25, 0.3) is 11.7 Å². The Morgan fingerprint density at radius 2 is 2.08 bits per heavy atom. The number of carbonyl (C=O) groups is 1. The van der Waals surface area contributed by atoms with E-state index in [-0.39, 0.29) is 11.5 Å². The van der Waals surface area contributed by atoms with E-state index in [0.717, 1.165) is 5.56 Å². The van der Waals surface area contributed by atoms with Gasteiger partial charge in [0.05, 0.1) is 10.5 Å². The topological polar surface area (TPSA) is 66.7 Å². The van der Waals surface area contributed by atoms with Gasteiger partial charge in [0.2, 0.25) is 0 Å². The maximum absolute atomic E-state index is 13.0. The second-order valence-electron chi connectivity index (χ2n) is 5.57. The van der Waals surface area contributed by atoms with Gasteiger partial charge in [-0.25, -0.2) is 4.98 Å². The Bertz CT molecular complexity index is 965. The molecule has 3 heterocycles. The van der Waals surface area contributed by atoms with Crippen LogP contribution in [0.3, 0.4) is 0 Å². The largest absolute Gasteiger partial charge is 0.370 e. The van der Waals surface area contributed by atoms with Crippen molar-refractivity contribution < 1.29 is 4.79 Å². The fourth-order valence-electron chi connectivity index (χ4n) is 2.59. The SMILES string of the molecule is CCNc1nc2ccc(C)cn2c(=O)c1/C=C1/SC(=S)N(CC)C1=O. The highest BCUT2D eigenvalue weighted by Crippen LogP contribution is 2.32. The van der Waals surface area contributed by atoms with Crippen molar-refractivity contribution in [2.24, 2.45) is 0 Å². The molecule has 3 rings (SSSR count). The van der Waals surface area contributed by atoms with Gasteiger partial charge < -0.3 is 5.32 Å². The van der Waals surface area contributed by atoms with Crippen LogP contribution in [-0.2, 0) is 4.79 Å². The summed E-state index contributed by atoms with van der Waals surface area (Å²) >= 11 is 6.44. The predicted octanol–water partition coefficient (Wildman–Crippen LogP) is 2.66. The molecule has 0 bridgehead atoms. The molecule has 1 aliphatic heterocycles. The molecule has 0 saturated carbocycles. The molecule has 130 valence electrons. The standard InChI is InChI=1S/C17H18N4O2S2/c1-4-18-14-11(8-12-16(23)20(5-2)17(24)25-12)15(22)21-9-10(3)6-7-13(21)19-14/h6-9,18H,4-5H2,1-3H3/b12-8+. The molecule has 0 aliphatic carbocycles. The number of hydrogen-bond donors (Lipinski definition) is 1. The summed E-state index contributed by atoms with van der Waals surface area (Å²) in [5.74, 6) is 0.298. The summed E-state index contributed by atoms with van der Waals surface area (Å²) in [6.45, 7) is 6.84. The molecule has 0 aromatic carbocycles. The Hall–Kier alpha value is -2.19. The number of aromatic nitrogens is 2. The van der Waals surface area contributed by atoms with E-state index in [1.165, 1.54) is 21.1 Å². The number of carbonyl (C=O) groups excluding carboxylic acids is 1. The van der Waals surface area contributed by atoms with Gasteiger partial charge >= 0.3 is 0 Å². The van der Waals surface area contributed by atoms with E-state index >= 15 is 0 Å². The Kier molecular flexibility index (Phi) is 4.91. The summed E-state index contributed by atoms with van der Waals surface area (Å²) in [5.41, 5.74) is 1.66. The van der Waals surface area contributed by atoms with Crippen LogP contribution in [0.2, 0.25) is 0 Å². The van der Waals surface area contributed by atoms with Gasteiger partial charge in [-0.1, -0.05) is 30.0 Å². The molecule has 0 radical (unpaired) electrons. The molecule has 1 aliphatic rings. The second-order valence-corrected chi connectivity index (χ2v) is 7.25. The summed E-state index contributed by atoms with van der Waals surface area (Å²) in [4.78, 5) is 31.9. The maximum atomic E-state index is 13.0. The monoisotopic (exact) mass is 374 g/mol. The fraction of sp³-hybridized carbons (Fsp3) is 0.294. The Morgan fingerprint density at radius 1 is 1.32 bits per heavy atom. The molecule has 0 unspecified atom stereocenters. The van der Waals surface area contributed by atoms with E-state index < -0.39 is 0 Å². The zero-order valence-corrected chi connectivity index (χ0v) is 15.8. The average Bonchev–Trinajstić information content (AvgIpc) is 2.85. The van der Waals surface area contributed by atoms with E-state index in [0.29, 0.717) is 39.3 Å². The summed E-state index contributed by atoms with van der Waals surface area (Å²) in [7, 11) is 0. The molecule has 1 saturated heterocycles. The van der Waals surface area contributed by atoms with Gasteiger partial charge in [-0.05, 0) is 38.5 Å². The lowest BCUT2D eigenvalue weighted by Gasteiger charge is -2.11. The number of likely N-dealkylation sites (N-methyl/N-ethyl adjacent to an activating group) is 1. The lowest BCUT2D eigenvalue weighted by molar-refractivity contribution is -0.121. The Labute approximate surface area is 154 Å². The van der Waals surface area contributed by atoms with E-state index in [2.05, 4.69) is 10.3 Å². The van der Waals surface area contributed by atoms with Gasteiger partial charge in [0.15, 0.2) is 0 Å². The van der Waals surface area contributed by atoms with Crippen LogP contribution < -0.4 is 10.9 Å². The number of anilines is 1. The molecule has 2 aromatic rings. The first-order valence-corrected chi connectivity index (χ1v) is 9.21. The molecule has 0 atom stereocenters. The zero-order chi connectivity index (χ0) is 18.1. The number of thiocarbonyl (C=S) groups is 1. The van der Waals surface area contributed by atoms with E-state index in [1.807, 2.05) is 26.8 Å². The van der Waals surface area contributed by atoms with Crippen molar-refractivity contribution in [2.45, 2.75) is 20.8 Å². The minimum absolute atomic E-state index is 0.173. The number of aryl methyl sites for hydroxylation is 1. The van der Waals surface area contributed by atoms with E-state index in [9.17, 15) is 9.59 Å². The normalized spacial score (nSPS) is 16.3. The molecular formula is C17H18N4O2S2. The third-order valence-electron chi connectivity index (χ3n) is 3.82. The van der Waals surface area contributed by atoms with Crippen molar-refractivity contribution in [1.29, 1.82) is 0 Å². The van der Waals surface area contributed by atoms with Crippen molar-refractivity contribution in [2.75, 3.05) is 18.4 Å². The summed E-state index contributed by atoms with van der Waals surface area (Å²) < 4.78 is 2.01. The lowest BCUT2D eigenvalue weighted by atomic mass is 10.2. The van der Waals surface area contributed by atoms with Crippen LogP contribution in [0.15, 0.2) is 28.0 Å². The summed E-state index contributed by atoms with van der Waals surface area (Å²) in [6, 6.07) is 3.71. The number of rotatable bonds is 4. The van der Waals surface area contributed by atoms with Crippen molar-refractivity contribution in [3.63, 3.8) is 0 Å². The van der Waals surface area contributed by atoms with E-state index in [1.54, 1.807) is 18.3 Å². The third-order valence-corrected chi connectivity index (χ3v) is 5.19. The minimum atomic E-state index is -0.216. The van der Waals surface area contributed by atoms with Crippen LogP contribution in [-0.4, -0.2) is 37.6 Å². The number of fused-ring (bicyclic) bond motifs is 1. The quantitative estimate of drug-likeness (QED) is 0.656. The molecule has 25 heavy (non-hydrogen) atoms. The molecule has 2 aromatic heterocycles. The molecular weight excluding hydrogens is 356 g/mol. The Balaban J connectivity index is 2.21. The number of pyridine rings is 1. The minimum Gasteiger partial charge on any atom is -0.370 e. The first-order chi connectivity index (χ1) is 12.0. The van der Waals surface area contributed by atoms with Crippen molar-refractivity contribution in [1.82, 2.24) is 14.3 Å². The molecule has 6 nitrogen and oxygen atoms in total. The van der Waals surface area contributed by atoms with Crippen LogP contribution in [0, 0.1) is 6.92 Å². The van der Waals surface area contributed by atoms with Gasteiger partial charge in [-0.3, -0.25) is 18.9 Å². The van der Waals surface area contributed by atoms with Gasteiger partial charge in [0, 0.05) is 19.3 Å². The van der Waals surface area contributed by atoms with Crippen LogP contribution >= 0.6 is 24.0 Å². The molecule has 1 amide bonds. The van der Waals surface area contributed by atoms with Gasteiger partial charge in [0.25, 0.3) is 11.5 Å². The summed E-state index contributed by atoms with van der Waals surface area (Å²) in [5, 5.41) is 3.11. The highest BCUT2D eigenvalue weighted by atomic mass is 32.2. The summed E-state index contributed by atoms with van der Waals surface area (Å²) in [6.07, 6.45) is 3.34. The first kappa shape index (κ1) is 17.6. The van der Waals surface area contributed by atoms with Crippen LogP contribution in [0.4, 0.5) is 5.82 Å². The smallest absolute Gasteiger partial charge is 0.267 e. The molecule has 1 N–H and O–H groups in total. The van der Waals surface area contributed by atoms with Crippen molar-refractivity contribution >= 4 is 51.7 Å². The fourth-order valence-corrected chi connectivity index (χ4v) is 3.96. The Morgan fingerprint density at radius 3 is 2.72 bits per heavy atom. The highest BCUT2D eigenvalue weighted by molar-refractivity contribution is 8.26. The van der Waals surface area contributed by atoms with Gasteiger partial charge in [-0.15, -0.1) is 0 Å². The third kappa shape index (κ3) is 3.19. The lowest BCUT2D eigenvalue weighted by Crippen LogP contribution is -2.27. The zero-order valence-electron chi connectivity index (χ0n) is 14.2. The van der Waals surface area contributed by atoms with Gasteiger partial charge in [0.1, 0.15) is 15.8 Å². The maximum Gasteiger partial charge on any atom is 0.267 e. The average molecular weight is 374 g/mol. The van der Waals surface area contributed by atoms with E-state index in [4.69, 9.17) is 12.2 Å². The molecule has 1 fully saturated rings. The number of hydrogen-bond acceptors (Lipinski definition) is 6. The van der Waals surface area contributed by atoms with Crippen molar-refractivity contribution in [3.8, 4) is 0 Å². The first-order valence-electron chi connectivity index (χ1n) is 7.98. The van der Waals surface area contributed by atoms with Crippen LogP contribution in [0.5, 0.6) is 0 Å². The van der Waals surface area contributed by atoms with Crippen LogP contribution in [0.1, 0.15) is 25.0 Å². The predicted molar refractivity (Wildman–Crippen MR) is 106 cm³/mol. The number of nitrogens with zero attached hydrogens (tertiary/aromatic N) is 3. The second kappa shape index (κ2) is 6.97. The number of nitrogens with one attached hydrogen (secondary N) is 1. The number of thioether (sulfide) groups is 1. The molecule has 8 heteroatoms. The molecule has 0 spiro atoms. The van der Waals surface area contributed by atoms with Crippen molar-refractivity contribution in [3.05, 3.63) is 44.7 Å². The number of amides is 1. The highest BCUT2D eigenvalue weighted by Gasteiger charge is 2.31.